The number of hydrogen-bond acceptors (Lipinski definition) is 5. The van der Waals surface area contributed by atoms with E-state index in [0.29, 0.717) is 11.7 Å². The predicted octanol–water partition coefficient (Wildman–Crippen LogP) is 3.58. The Hall–Kier alpha value is -1.59. The van der Waals surface area contributed by atoms with Crippen molar-refractivity contribution in [3.8, 4) is 5.75 Å². The van der Waals surface area contributed by atoms with Crippen molar-refractivity contribution in [2.45, 2.75) is 57.5 Å². The highest BCUT2D eigenvalue weighted by Gasteiger charge is 2.64. The zero-order valence-corrected chi connectivity index (χ0v) is 13.0. The summed E-state index contributed by atoms with van der Waals surface area (Å²) in [7, 11) is 0. The van der Waals surface area contributed by atoms with Gasteiger partial charge in [0.05, 0.1) is 0 Å². The van der Waals surface area contributed by atoms with Gasteiger partial charge in [-0.05, 0) is 44.7 Å². The maximum atomic E-state index is 12.4. The highest BCUT2D eigenvalue weighted by Crippen LogP contribution is 2.39. The minimum Gasteiger partial charge on any atom is -0.452 e. The first-order chi connectivity index (χ1) is 10.5. The fourth-order valence-corrected chi connectivity index (χ4v) is 3.01. The lowest BCUT2D eigenvalue weighted by Gasteiger charge is -2.36. The summed E-state index contributed by atoms with van der Waals surface area (Å²) < 4.78 is 11.2. The van der Waals surface area contributed by atoms with E-state index in [0.717, 1.165) is 12.8 Å². The summed E-state index contributed by atoms with van der Waals surface area (Å²) >= 11 is 0. The van der Waals surface area contributed by atoms with Gasteiger partial charge in [-0.25, -0.2) is 4.79 Å². The highest BCUT2D eigenvalue weighted by molar-refractivity contribution is 5.78. The molecule has 5 heteroatoms. The van der Waals surface area contributed by atoms with E-state index in [2.05, 4.69) is 0 Å². The van der Waals surface area contributed by atoms with Gasteiger partial charge in [-0.2, -0.15) is 0 Å². The van der Waals surface area contributed by atoms with Crippen molar-refractivity contribution in [1.82, 2.24) is 0 Å². The fraction of sp³-hybridized carbons (Fsp3) is 0.588. The quantitative estimate of drug-likeness (QED) is 0.473. The molecule has 1 aliphatic carbocycles. The number of rotatable bonds is 5. The van der Waals surface area contributed by atoms with E-state index in [1.807, 2.05) is 32.0 Å². The van der Waals surface area contributed by atoms with Crippen molar-refractivity contribution >= 4 is 5.97 Å². The summed E-state index contributed by atoms with van der Waals surface area (Å²) in [6.45, 7) is 3.89. The second-order valence-electron chi connectivity index (χ2n) is 6.47. The smallest absolute Gasteiger partial charge is 0.452 e. The molecule has 1 aromatic rings. The van der Waals surface area contributed by atoms with Crippen LogP contribution in [0.2, 0.25) is 0 Å². The topological polar surface area (TPSA) is 60.6 Å². The zero-order valence-electron chi connectivity index (χ0n) is 13.0. The van der Waals surface area contributed by atoms with Crippen molar-refractivity contribution in [3.63, 3.8) is 0 Å². The summed E-state index contributed by atoms with van der Waals surface area (Å²) in [5.41, 5.74) is -0.556. The molecular formula is C17H22O5. The van der Waals surface area contributed by atoms with Crippen LogP contribution in [0.1, 0.15) is 46.0 Å². The van der Waals surface area contributed by atoms with Gasteiger partial charge in [-0.15, -0.1) is 9.78 Å². The Kier molecular flexibility index (Phi) is 4.10. The molecule has 1 aromatic carbocycles. The Morgan fingerprint density at radius 2 is 1.77 bits per heavy atom. The van der Waals surface area contributed by atoms with Gasteiger partial charge >= 0.3 is 11.9 Å². The molecule has 3 rings (SSSR count). The van der Waals surface area contributed by atoms with Crippen LogP contribution in [0.4, 0.5) is 0 Å². The molecule has 0 aromatic heterocycles. The van der Waals surface area contributed by atoms with E-state index >= 15 is 0 Å². The van der Waals surface area contributed by atoms with Crippen LogP contribution in [0, 0.1) is 5.92 Å². The van der Waals surface area contributed by atoms with Crippen LogP contribution in [-0.2, 0) is 19.3 Å². The van der Waals surface area contributed by atoms with Gasteiger partial charge in [0.25, 0.3) is 0 Å². The standard InChI is InChI=1S/C17H22O5/c1-16(2,13-9-5-3-6-10-13)20-15(18)17(21-22-17)19-14-11-7-4-8-12-14/h4,7-8,11-13H,3,5-6,9-10H2,1-2H3. The van der Waals surface area contributed by atoms with Crippen molar-refractivity contribution < 1.29 is 24.0 Å². The van der Waals surface area contributed by atoms with Crippen LogP contribution in [0.5, 0.6) is 5.75 Å². The second kappa shape index (κ2) is 5.89. The largest absolute Gasteiger partial charge is 0.484 e. The SMILES string of the molecule is CC(C)(OC(=O)C1(Oc2ccccc2)OO1)C1CCCCC1. The lowest BCUT2D eigenvalue weighted by atomic mass is 9.79. The average Bonchev–Trinajstić information content (AvgIpc) is 3.30. The summed E-state index contributed by atoms with van der Waals surface area (Å²) in [6, 6.07) is 8.93. The molecule has 2 aliphatic rings. The third-order valence-electron chi connectivity index (χ3n) is 4.42. The molecule has 0 amide bonds. The van der Waals surface area contributed by atoms with Crippen LogP contribution < -0.4 is 4.74 Å². The maximum Gasteiger partial charge on any atom is 0.484 e. The van der Waals surface area contributed by atoms with E-state index in [4.69, 9.17) is 19.2 Å². The van der Waals surface area contributed by atoms with E-state index in [-0.39, 0.29) is 0 Å². The Morgan fingerprint density at radius 3 is 2.36 bits per heavy atom. The molecule has 1 saturated heterocycles. The van der Waals surface area contributed by atoms with Crippen LogP contribution >= 0.6 is 0 Å². The van der Waals surface area contributed by atoms with E-state index < -0.39 is 17.5 Å². The first kappa shape index (κ1) is 15.3. The van der Waals surface area contributed by atoms with Crippen molar-refractivity contribution in [1.29, 1.82) is 0 Å². The lowest BCUT2D eigenvalue weighted by molar-refractivity contribution is -0.183. The number of hydrogen-bond donors (Lipinski definition) is 0. The molecule has 0 radical (unpaired) electrons. The van der Waals surface area contributed by atoms with Crippen molar-refractivity contribution in [2.24, 2.45) is 5.92 Å². The first-order valence-electron chi connectivity index (χ1n) is 7.86. The number of ether oxygens (including phenoxy) is 2. The minimum absolute atomic E-state index is 0.359. The Morgan fingerprint density at radius 1 is 1.14 bits per heavy atom. The van der Waals surface area contributed by atoms with Gasteiger partial charge in [0, 0.05) is 0 Å². The van der Waals surface area contributed by atoms with E-state index in [1.165, 1.54) is 19.3 Å². The molecule has 0 N–H and O–H groups in total. The van der Waals surface area contributed by atoms with Gasteiger partial charge < -0.3 is 9.47 Å². The Bertz CT molecular complexity index is 515. The summed E-state index contributed by atoms with van der Waals surface area (Å²) in [4.78, 5) is 22.0. The molecule has 5 nitrogen and oxygen atoms in total. The number of carbonyl (C=O) groups is 1. The highest BCUT2D eigenvalue weighted by atomic mass is 17.5. The molecule has 120 valence electrons. The molecule has 0 spiro atoms. The third-order valence-corrected chi connectivity index (χ3v) is 4.42. The number of esters is 1. The van der Waals surface area contributed by atoms with Crippen molar-refractivity contribution in [2.75, 3.05) is 0 Å². The maximum absolute atomic E-state index is 12.4. The van der Waals surface area contributed by atoms with Crippen LogP contribution in [0.3, 0.4) is 0 Å². The van der Waals surface area contributed by atoms with Crippen LogP contribution in [0.25, 0.3) is 0 Å². The summed E-state index contributed by atoms with van der Waals surface area (Å²) in [6.07, 6.45) is 5.78. The van der Waals surface area contributed by atoms with Gasteiger partial charge in [-0.1, -0.05) is 37.5 Å². The monoisotopic (exact) mass is 306 g/mol. The predicted molar refractivity (Wildman–Crippen MR) is 78.7 cm³/mol. The average molecular weight is 306 g/mol. The molecule has 0 bridgehead atoms. The molecule has 2 fully saturated rings. The Balaban J connectivity index is 1.63. The fourth-order valence-electron chi connectivity index (χ4n) is 3.01. The van der Waals surface area contributed by atoms with Gasteiger partial charge in [0.15, 0.2) is 0 Å². The van der Waals surface area contributed by atoms with Gasteiger partial charge in [0.1, 0.15) is 11.4 Å². The number of para-hydroxylation sites is 1. The van der Waals surface area contributed by atoms with Gasteiger partial charge in [-0.3, -0.25) is 0 Å². The number of carbonyl (C=O) groups excluding carboxylic acids is 1. The third kappa shape index (κ3) is 3.25. The van der Waals surface area contributed by atoms with E-state index in [1.54, 1.807) is 12.1 Å². The van der Waals surface area contributed by atoms with Crippen molar-refractivity contribution in [3.05, 3.63) is 30.3 Å². The summed E-state index contributed by atoms with van der Waals surface area (Å²) in [5.74, 6) is -1.52. The molecular weight excluding hydrogens is 284 g/mol. The van der Waals surface area contributed by atoms with Gasteiger partial charge in [0.2, 0.25) is 0 Å². The molecule has 0 atom stereocenters. The molecule has 22 heavy (non-hydrogen) atoms. The molecule has 1 heterocycles. The Labute approximate surface area is 130 Å². The molecule has 0 unspecified atom stereocenters. The van der Waals surface area contributed by atoms with Crippen LogP contribution in [-0.4, -0.2) is 17.5 Å². The molecule has 1 saturated carbocycles. The second-order valence-corrected chi connectivity index (χ2v) is 6.47. The van der Waals surface area contributed by atoms with E-state index in [9.17, 15) is 4.79 Å². The lowest BCUT2D eigenvalue weighted by Crippen LogP contribution is -2.43. The molecule has 1 aliphatic heterocycles. The summed E-state index contributed by atoms with van der Waals surface area (Å²) in [5, 5.41) is 0. The normalized spacial score (nSPS) is 21.2. The van der Waals surface area contributed by atoms with Crippen LogP contribution in [0.15, 0.2) is 30.3 Å². The minimum atomic E-state index is -1.74. The first-order valence-corrected chi connectivity index (χ1v) is 7.86. The zero-order chi connectivity index (χ0) is 15.6. The number of benzene rings is 1.